The maximum absolute atomic E-state index is 13.8. The molecule has 0 aliphatic heterocycles. The van der Waals surface area contributed by atoms with Gasteiger partial charge in [-0.05, 0) is 59.0 Å². The Bertz CT molecular complexity index is 1200. The predicted octanol–water partition coefficient (Wildman–Crippen LogP) is 3.58. The predicted molar refractivity (Wildman–Crippen MR) is 114 cm³/mol. The first kappa shape index (κ1) is 23.0. The van der Waals surface area contributed by atoms with E-state index in [2.05, 4.69) is 27.3 Å². The highest BCUT2D eigenvalue weighted by Crippen LogP contribution is 2.45. The summed E-state index contributed by atoms with van der Waals surface area (Å²) >= 11 is 2.97. The molecule has 0 unspecified atom stereocenters. The first-order chi connectivity index (χ1) is 14.6. The van der Waals surface area contributed by atoms with Crippen molar-refractivity contribution in [3.8, 4) is 17.6 Å². The summed E-state index contributed by atoms with van der Waals surface area (Å²) in [7, 11) is -1.52. The number of halogens is 2. The Morgan fingerprint density at radius 2 is 2.03 bits per heavy atom. The molecule has 31 heavy (non-hydrogen) atoms. The van der Waals surface area contributed by atoms with Gasteiger partial charge in [0.15, 0.2) is 9.84 Å². The van der Waals surface area contributed by atoms with Gasteiger partial charge in [0.05, 0.1) is 34.4 Å². The number of rotatable bonds is 6. The summed E-state index contributed by atoms with van der Waals surface area (Å²) in [6.07, 6.45) is 1.98. The van der Waals surface area contributed by atoms with Gasteiger partial charge < -0.3 is 15.2 Å². The molecule has 10 heteroatoms. The zero-order valence-corrected chi connectivity index (χ0v) is 19.2. The monoisotopic (exact) mass is 510 g/mol. The molecule has 1 aliphatic carbocycles. The molecule has 0 saturated heterocycles. The van der Waals surface area contributed by atoms with Crippen LogP contribution < -0.4 is 10.1 Å². The third-order valence-electron chi connectivity index (χ3n) is 5.52. The first-order valence-electron chi connectivity index (χ1n) is 9.34. The molecule has 2 aromatic rings. The number of nitriles is 1. The highest BCUT2D eigenvalue weighted by atomic mass is 79.9. The molecule has 0 bridgehead atoms. The largest absolute Gasteiger partial charge is 0.507 e. The van der Waals surface area contributed by atoms with Gasteiger partial charge in [-0.25, -0.2) is 12.8 Å². The zero-order chi connectivity index (χ0) is 23.0. The van der Waals surface area contributed by atoms with Crippen molar-refractivity contribution >= 4 is 31.7 Å². The molecular formula is C21H20BrFN2O5S. The van der Waals surface area contributed by atoms with E-state index in [9.17, 15) is 28.0 Å². The Labute approximate surface area is 187 Å². The summed E-state index contributed by atoms with van der Waals surface area (Å²) in [6.45, 7) is 0. The van der Waals surface area contributed by atoms with Gasteiger partial charge in [-0.1, -0.05) is 0 Å². The number of nitrogens with one attached hydrogen (secondary N) is 1. The van der Waals surface area contributed by atoms with E-state index >= 15 is 0 Å². The number of methoxy groups -OCH3 is 1. The first-order valence-corrected chi connectivity index (χ1v) is 11.8. The van der Waals surface area contributed by atoms with Gasteiger partial charge in [0.1, 0.15) is 22.2 Å². The fourth-order valence-electron chi connectivity index (χ4n) is 3.58. The highest BCUT2D eigenvalue weighted by Gasteiger charge is 2.40. The fourth-order valence-corrected chi connectivity index (χ4v) is 5.61. The quantitative estimate of drug-likeness (QED) is 0.573. The number of sulfone groups is 1. The molecule has 2 N–H and O–H groups in total. The summed E-state index contributed by atoms with van der Waals surface area (Å²) in [6, 6.07) is 7.18. The third-order valence-corrected chi connectivity index (χ3v) is 7.81. The molecule has 0 spiro atoms. The normalized spacial score (nSPS) is 14.9. The Kier molecular flexibility index (Phi) is 6.30. The van der Waals surface area contributed by atoms with Gasteiger partial charge in [0.2, 0.25) is 0 Å². The summed E-state index contributed by atoms with van der Waals surface area (Å²) in [5, 5.41) is 22.8. The molecule has 1 fully saturated rings. The van der Waals surface area contributed by atoms with Gasteiger partial charge in [0.25, 0.3) is 5.91 Å². The van der Waals surface area contributed by atoms with E-state index in [1.54, 1.807) is 0 Å². The van der Waals surface area contributed by atoms with Crippen molar-refractivity contribution in [3.05, 3.63) is 51.2 Å². The van der Waals surface area contributed by atoms with Crippen LogP contribution in [0.25, 0.3) is 0 Å². The molecule has 164 valence electrons. The average molecular weight is 511 g/mol. The van der Waals surface area contributed by atoms with Gasteiger partial charge in [-0.3, -0.25) is 4.79 Å². The number of carbonyl (C=O) groups is 1. The topological polar surface area (TPSA) is 116 Å². The average Bonchev–Trinajstić information content (AvgIpc) is 2.70. The number of phenols is 1. The number of carbonyl (C=O) groups excluding carboxylic acids is 1. The molecule has 3 rings (SSSR count). The molecule has 0 heterocycles. The molecule has 2 aromatic carbocycles. The van der Waals surface area contributed by atoms with Crippen molar-refractivity contribution in [1.82, 2.24) is 5.32 Å². The van der Waals surface area contributed by atoms with Crippen LogP contribution >= 0.6 is 15.9 Å². The van der Waals surface area contributed by atoms with Crippen molar-refractivity contribution in [2.24, 2.45) is 0 Å². The van der Waals surface area contributed by atoms with Crippen LogP contribution in [-0.4, -0.2) is 33.6 Å². The van der Waals surface area contributed by atoms with Crippen molar-refractivity contribution in [3.63, 3.8) is 0 Å². The van der Waals surface area contributed by atoms with Crippen LogP contribution in [0.4, 0.5) is 4.39 Å². The zero-order valence-electron chi connectivity index (χ0n) is 16.8. The molecular weight excluding hydrogens is 491 g/mol. The second-order valence-electron chi connectivity index (χ2n) is 7.33. The number of ether oxygens (including phenoxy) is 1. The second-order valence-corrected chi connectivity index (χ2v) is 10.1. The Hall–Kier alpha value is -2.64. The lowest BCUT2D eigenvalue weighted by Crippen LogP contribution is -2.33. The van der Waals surface area contributed by atoms with E-state index < -0.39 is 38.5 Å². The van der Waals surface area contributed by atoms with Crippen LogP contribution in [0.3, 0.4) is 0 Å². The number of phenolic OH excluding ortho intramolecular Hbond substituents is 1. The van der Waals surface area contributed by atoms with Gasteiger partial charge in [-0.15, -0.1) is 0 Å². The Morgan fingerprint density at radius 1 is 1.35 bits per heavy atom. The Morgan fingerprint density at radius 3 is 2.55 bits per heavy atom. The number of hydrogen-bond donors (Lipinski definition) is 2. The van der Waals surface area contributed by atoms with Crippen molar-refractivity contribution in [2.45, 2.75) is 35.3 Å². The lowest BCUT2D eigenvalue weighted by Gasteiger charge is -2.36. The number of amides is 1. The summed E-state index contributed by atoms with van der Waals surface area (Å²) in [5.74, 6) is -2.64. The van der Waals surface area contributed by atoms with E-state index in [1.165, 1.54) is 26.3 Å². The van der Waals surface area contributed by atoms with E-state index in [0.29, 0.717) is 18.4 Å². The van der Waals surface area contributed by atoms with E-state index in [-0.39, 0.29) is 26.2 Å². The van der Waals surface area contributed by atoms with Gasteiger partial charge in [0, 0.05) is 18.7 Å². The number of hydrogen-bond acceptors (Lipinski definition) is 6. The molecule has 0 aromatic heterocycles. The molecule has 7 nitrogen and oxygen atoms in total. The smallest absolute Gasteiger partial charge is 0.254 e. The minimum absolute atomic E-state index is 0.0277. The molecule has 1 amide bonds. The van der Waals surface area contributed by atoms with Gasteiger partial charge in [-0.2, -0.15) is 5.26 Å². The van der Waals surface area contributed by atoms with Crippen molar-refractivity contribution in [1.29, 1.82) is 5.26 Å². The fraction of sp³-hybridized carbons (Fsp3) is 0.333. The van der Waals surface area contributed by atoms with E-state index in [0.717, 1.165) is 18.6 Å². The van der Waals surface area contributed by atoms with Crippen LogP contribution in [0.1, 0.15) is 40.7 Å². The molecule has 1 aliphatic rings. The SMILES string of the molecule is CNC(=O)c1cc(C2(C#N)CCC2)cc(CS(=O)(=O)c2cc(Br)c(F)cc2OC)c1O. The Balaban J connectivity index is 2.16. The van der Waals surface area contributed by atoms with Crippen LogP contribution in [-0.2, 0) is 21.0 Å². The third kappa shape index (κ3) is 4.12. The standard InChI is InChI=1S/C21H20BrFN2O5S/c1-25-20(27)14-7-13(21(11-24)4-3-5-21)6-12(19(14)26)10-31(28,29)18-8-15(22)16(23)9-17(18)30-2/h6-9,26H,3-5,10H2,1-2H3,(H,25,27). The minimum Gasteiger partial charge on any atom is -0.507 e. The summed E-state index contributed by atoms with van der Waals surface area (Å²) in [5.41, 5.74) is -0.486. The number of benzene rings is 2. The number of aromatic hydroxyl groups is 1. The number of nitrogens with zero attached hydrogens (tertiary/aromatic N) is 1. The molecule has 0 atom stereocenters. The maximum atomic E-state index is 13.8. The minimum atomic E-state index is -4.12. The van der Waals surface area contributed by atoms with Crippen LogP contribution in [0, 0.1) is 17.1 Å². The second kappa shape index (κ2) is 8.48. The maximum Gasteiger partial charge on any atom is 0.254 e. The molecule has 1 saturated carbocycles. The lowest BCUT2D eigenvalue weighted by atomic mass is 9.65. The highest BCUT2D eigenvalue weighted by molar-refractivity contribution is 9.10. The van der Waals surface area contributed by atoms with E-state index in [4.69, 9.17) is 4.74 Å². The summed E-state index contributed by atoms with van der Waals surface area (Å²) in [4.78, 5) is 12.0. The van der Waals surface area contributed by atoms with Crippen molar-refractivity contribution < 1.29 is 27.4 Å². The van der Waals surface area contributed by atoms with Gasteiger partial charge >= 0.3 is 0 Å². The summed E-state index contributed by atoms with van der Waals surface area (Å²) < 4.78 is 45.1. The van der Waals surface area contributed by atoms with E-state index in [1.807, 2.05) is 0 Å². The van der Waals surface area contributed by atoms with Crippen LogP contribution in [0.5, 0.6) is 11.5 Å². The lowest BCUT2D eigenvalue weighted by molar-refractivity contribution is 0.0960. The van der Waals surface area contributed by atoms with Crippen LogP contribution in [0.2, 0.25) is 0 Å². The van der Waals surface area contributed by atoms with Crippen LogP contribution in [0.15, 0.2) is 33.6 Å². The molecule has 0 radical (unpaired) electrons. The van der Waals surface area contributed by atoms with Crippen molar-refractivity contribution in [2.75, 3.05) is 14.2 Å².